The zero-order valence-corrected chi connectivity index (χ0v) is 11.6. The molecule has 0 radical (unpaired) electrons. The molecular weight excluding hydrogens is 226 g/mol. The van der Waals surface area contributed by atoms with Crippen molar-refractivity contribution in [2.45, 2.75) is 64.3 Å². The van der Waals surface area contributed by atoms with E-state index < -0.39 is 5.97 Å². The van der Waals surface area contributed by atoms with Gasteiger partial charge in [-0.2, -0.15) is 0 Å². The normalized spacial score (nSPS) is 30.7. The first-order valence-electron chi connectivity index (χ1n) is 7.69. The summed E-state index contributed by atoms with van der Waals surface area (Å²) < 4.78 is 0. The van der Waals surface area contributed by atoms with Gasteiger partial charge in [-0.3, -0.25) is 9.69 Å². The van der Waals surface area contributed by atoms with Gasteiger partial charge in [0, 0.05) is 6.54 Å². The molecule has 3 unspecified atom stereocenters. The van der Waals surface area contributed by atoms with Gasteiger partial charge in [0.05, 0.1) is 0 Å². The van der Waals surface area contributed by atoms with Gasteiger partial charge in [0.2, 0.25) is 0 Å². The van der Waals surface area contributed by atoms with Crippen molar-refractivity contribution in [2.75, 3.05) is 13.1 Å². The topological polar surface area (TPSA) is 40.5 Å². The Morgan fingerprint density at radius 3 is 2.67 bits per heavy atom. The van der Waals surface area contributed by atoms with Crippen molar-refractivity contribution in [3.8, 4) is 0 Å². The number of rotatable bonds is 5. The number of likely N-dealkylation sites (tertiary alicyclic amines) is 1. The molecule has 0 bridgehead atoms. The minimum absolute atomic E-state index is 0.229. The van der Waals surface area contributed by atoms with E-state index in [0.29, 0.717) is 0 Å². The van der Waals surface area contributed by atoms with Crippen molar-refractivity contribution in [3.63, 3.8) is 0 Å². The minimum atomic E-state index is -0.613. The lowest BCUT2D eigenvalue weighted by atomic mass is 9.75. The third kappa shape index (κ3) is 3.25. The van der Waals surface area contributed by atoms with Crippen molar-refractivity contribution < 1.29 is 9.90 Å². The van der Waals surface area contributed by atoms with Crippen molar-refractivity contribution in [2.24, 2.45) is 11.8 Å². The van der Waals surface area contributed by atoms with Gasteiger partial charge >= 0.3 is 5.97 Å². The number of piperidine rings is 1. The van der Waals surface area contributed by atoms with E-state index in [0.717, 1.165) is 44.2 Å². The first-order valence-corrected chi connectivity index (χ1v) is 7.69. The van der Waals surface area contributed by atoms with Crippen molar-refractivity contribution in [1.29, 1.82) is 0 Å². The SMILES string of the molecule is CCCCC(C(=O)O)N1CCC2CCCCC2C1. The maximum absolute atomic E-state index is 11.4. The molecule has 1 saturated carbocycles. The monoisotopic (exact) mass is 253 g/mol. The smallest absolute Gasteiger partial charge is 0.320 e. The predicted octanol–water partition coefficient (Wildman–Crippen LogP) is 3.14. The van der Waals surface area contributed by atoms with E-state index in [9.17, 15) is 9.90 Å². The number of hydrogen-bond donors (Lipinski definition) is 1. The Morgan fingerprint density at radius 1 is 1.28 bits per heavy atom. The third-order valence-electron chi connectivity index (χ3n) is 4.88. The molecule has 1 N–H and O–H groups in total. The molecular formula is C15H27NO2. The van der Waals surface area contributed by atoms with Gasteiger partial charge in [-0.15, -0.1) is 0 Å². The zero-order chi connectivity index (χ0) is 13.0. The zero-order valence-electron chi connectivity index (χ0n) is 11.6. The Labute approximate surface area is 111 Å². The van der Waals surface area contributed by atoms with Crippen LogP contribution in [0.25, 0.3) is 0 Å². The molecule has 3 nitrogen and oxygen atoms in total. The van der Waals surface area contributed by atoms with Crippen molar-refractivity contribution in [3.05, 3.63) is 0 Å². The van der Waals surface area contributed by atoms with Gasteiger partial charge in [-0.1, -0.05) is 39.0 Å². The highest BCUT2D eigenvalue weighted by Gasteiger charge is 2.35. The molecule has 0 aromatic rings. The molecule has 104 valence electrons. The van der Waals surface area contributed by atoms with E-state index >= 15 is 0 Å². The summed E-state index contributed by atoms with van der Waals surface area (Å²) in [5.74, 6) is 1.05. The summed E-state index contributed by atoms with van der Waals surface area (Å²) in [7, 11) is 0. The minimum Gasteiger partial charge on any atom is -0.480 e. The Hall–Kier alpha value is -0.570. The van der Waals surface area contributed by atoms with Crippen molar-refractivity contribution in [1.82, 2.24) is 4.90 Å². The predicted molar refractivity (Wildman–Crippen MR) is 72.6 cm³/mol. The first-order chi connectivity index (χ1) is 8.72. The summed E-state index contributed by atoms with van der Waals surface area (Å²) >= 11 is 0. The van der Waals surface area contributed by atoms with Gasteiger partial charge < -0.3 is 5.11 Å². The Balaban J connectivity index is 1.92. The number of carboxylic acid groups (broad SMARTS) is 1. The molecule has 0 amide bonds. The van der Waals surface area contributed by atoms with Gasteiger partial charge in [-0.25, -0.2) is 0 Å². The second-order valence-corrected chi connectivity index (χ2v) is 6.08. The molecule has 18 heavy (non-hydrogen) atoms. The Kier molecular flexibility index (Phi) is 5.04. The van der Waals surface area contributed by atoms with Crippen LogP contribution in [-0.2, 0) is 4.79 Å². The number of fused-ring (bicyclic) bond motifs is 1. The summed E-state index contributed by atoms with van der Waals surface area (Å²) in [6.07, 6.45) is 9.60. The lowest BCUT2D eigenvalue weighted by Crippen LogP contribution is -2.49. The summed E-state index contributed by atoms with van der Waals surface area (Å²) in [6, 6.07) is -0.229. The van der Waals surface area contributed by atoms with Gasteiger partial charge in [0.25, 0.3) is 0 Å². The third-order valence-corrected chi connectivity index (χ3v) is 4.88. The fourth-order valence-electron chi connectivity index (χ4n) is 3.77. The van der Waals surface area contributed by atoms with E-state index in [2.05, 4.69) is 11.8 Å². The van der Waals surface area contributed by atoms with Crippen LogP contribution in [0.3, 0.4) is 0 Å². The van der Waals surface area contributed by atoms with Crippen LogP contribution >= 0.6 is 0 Å². The number of aliphatic carboxylic acids is 1. The standard InChI is InChI=1S/C15H27NO2/c1-2-3-8-14(15(17)18)16-10-9-12-6-4-5-7-13(12)11-16/h12-14H,2-11H2,1H3,(H,17,18). The summed E-state index contributed by atoms with van der Waals surface area (Å²) in [6.45, 7) is 4.17. The number of unbranched alkanes of at least 4 members (excludes halogenated alkanes) is 1. The molecule has 1 saturated heterocycles. The van der Waals surface area contributed by atoms with Crippen LogP contribution in [0, 0.1) is 11.8 Å². The van der Waals surface area contributed by atoms with Crippen LogP contribution in [0.4, 0.5) is 0 Å². The molecule has 1 heterocycles. The summed E-state index contributed by atoms with van der Waals surface area (Å²) in [4.78, 5) is 13.7. The molecule has 3 heteroatoms. The van der Waals surface area contributed by atoms with Crippen LogP contribution in [0.5, 0.6) is 0 Å². The molecule has 0 spiro atoms. The van der Waals surface area contributed by atoms with Crippen LogP contribution in [0.1, 0.15) is 58.3 Å². The Morgan fingerprint density at radius 2 is 2.00 bits per heavy atom. The average Bonchev–Trinajstić information content (AvgIpc) is 2.38. The molecule has 3 atom stereocenters. The highest BCUT2D eigenvalue weighted by atomic mass is 16.4. The molecule has 2 aliphatic rings. The lowest BCUT2D eigenvalue weighted by molar-refractivity contribution is -0.145. The quantitative estimate of drug-likeness (QED) is 0.818. The van der Waals surface area contributed by atoms with Gasteiger partial charge in [0.1, 0.15) is 6.04 Å². The van der Waals surface area contributed by atoms with Crippen LogP contribution in [0.2, 0.25) is 0 Å². The van der Waals surface area contributed by atoms with Crippen LogP contribution < -0.4 is 0 Å². The molecule has 2 fully saturated rings. The molecule has 1 aliphatic carbocycles. The fraction of sp³-hybridized carbons (Fsp3) is 0.933. The van der Waals surface area contributed by atoms with Crippen molar-refractivity contribution >= 4 is 5.97 Å². The van der Waals surface area contributed by atoms with E-state index in [4.69, 9.17) is 0 Å². The second kappa shape index (κ2) is 6.55. The number of carbonyl (C=O) groups is 1. The van der Waals surface area contributed by atoms with E-state index in [1.54, 1.807) is 0 Å². The van der Waals surface area contributed by atoms with E-state index in [1.807, 2.05) is 0 Å². The molecule has 1 aliphatic heterocycles. The number of carboxylic acids is 1. The molecule has 2 rings (SSSR count). The highest BCUT2D eigenvalue weighted by Crippen LogP contribution is 2.36. The maximum Gasteiger partial charge on any atom is 0.320 e. The molecule has 0 aromatic heterocycles. The summed E-state index contributed by atoms with van der Waals surface area (Å²) in [5.41, 5.74) is 0. The second-order valence-electron chi connectivity index (χ2n) is 6.08. The number of hydrogen-bond acceptors (Lipinski definition) is 2. The largest absolute Gasteiger partial charge is 0.480 e. The van der Waals surface area contributed by atoms with Crippen LogP contribution in [0.15, 0.2) is 0 Å². The van der Waals surface area contributed by atoms with Gasteiger partial charge in [0.15, 0.2) is 0 Å². The average molecular weight is 253 g/mol. The summed E-state index contributed by atoms with van der Waals surface area (Å²) in [5, 5.41) is 9.41. The number of nitrogens with zero attached hydrogens (tertiary/aromatic N) is 1. The fourth-order valence-corrected chi connectivity index (χ4v) is 3.77. The maximum atomic E-state index is 11.4. The first kappa shape index (κ1) is 13.9. The van der Waals surface area contributed by atoms with Gasteiger partial charge in [-0.05, 0) is 37.6 Å². The van der Waals surface area contributed by atoms with E-state index in [-0.39, 0.29) is 6.04 Å². The Bertz CT molecular complexity index is 280. The lowest BCUT2D eigenvalue weighted by Gasteiger charge is -2.43. The van der Waals surface area contributed by atoms with E-state index in [1.165, 1.54) is 32.1 Å². The highest BCUT2D eigenvalue weighted by molar-refractivity contribution is 5.73. The molecule has 0 aromatic carbocycles. The van der Waals surface area contributed by atoms with Crippen LogP contribution in [-0.4, -0.2) is 35.1 Å².